The predicted molar refractivity (Wildman–Crippen MR) is 115 cm³/mol. The number of unbranched alkanes of at least 4 members (excludes halogenated alkanes) is 1. The van der Waals surface area contributed by atoms with E-state index in [0.29, 0.717) is 30.4 Å². The molecular weight excluding hydrogens is 396 g/mol. The fraction of sp³-hybridized carbons (Fsp3) is 0.304. The molecule has 0 spiro atoms. The number of para-hydroxylation sites is 1. The van der Waals surface area contributed by atoms with E-state index >= 15 is 0 Å². The van der Waals surface area contributed by atoms with E-state index in [-0.39, 0.29) is 30.2 Å². The van der Waals surface area contributed by atoms with E-state index in [1.54, 1.807) is 23.1 Å². The SMILES string of the molecule is CCCCOc1cccc(C(=O)Nc2nnc(C3CC(=O)N(c4ccccc4)C3)o2)c1. The number of benzene rings is 2. The highest BCUT2D eigenvalue weighted by molar-refractivity contribution is 6.03. The molecule has 3 aromatic rings. The standard InChI is InChI=1S/C23H24N4O4/c1-2-3-12-30-19-11-7-8-16(13-19)21(29)24-23-26-25-22(31-23)17-14-20(28)27(15-17)18-9-5-4-6-10-18/h4-11,13,17H,2-3,12,14-15H2,1H3,(H,24,26,29). The van der Waals surface area contributed by atoms with Gasteiger partial charge in [0.25, 0.3) is 5.91 Å². The van der Waals surface area contributed by atoms with Crippen molar-refractivity contribution in [1.82, 2.24) is 10.2 Å². The smallest absolute Gasteiger partial charge is 0.322 e. The second kappa shape index (κ2) is 9.42. The first-order chi connectivity index (χ1) is 15.1. The lowest BCUT2D eigenvalue weighted by molar-refractivity contribution is -0.117. The van der Waals surface area contributed by atoms with Crippen LogP contribution in [0.15, 0.2) is 59.0 Å². The van der Waals surface area contributed by atoms with Crippen molar-refractivity contribution in [3.8, 4) is 5.75 Å². The molecule has 0 saturated carbocycles. The van der Waals surface area contributed by atoms with E-state index in [1.807, 2.05) is 36.4 Å². The Bertz CT molecular complexity index is 1050. The summed E-state index contributed by atoms with van der Waals surface area (Å²) in [5, 5.41) is 10.6. The van der Waals surface area contributed by atoms with Crippen LogP contribution < -0.4 is 15.0 Å². The molecule has 2 amide bonds. The number of carbonyl (C=O) groups excluding carboxylic acids is 2. The normalized spacial score (nSPS) is 15.8. The zero-order chi connectivity index (χ0) is 21.6. The topological polar surface area (TPSA) is 97.6 Å². The van der Waals surface area contributed by atoms with Gasteiger partial charge in [0, 0.05) is 24.2 Å². The molecule has 1 aliphatic rings. The number of hydrogen-bond donors (Lipinski definition) is 1. The zero-order valence-corrected chi connectivity index (χ0v) is 17.3. The molecule has 1 fully saturated rings. The fourth-order valence-electron chi connectivity index (χ4n) is 3.41. The van der Waals surface area contributed by atoms with E-state index in [4.69, 9.17) is 9.15 Å². The third kappa shape index (κ3) is 4.91. The third-order valence-electron chi connectivity index (χ3n) is 5.07. The minimum atomic E-state index is -0.371. The Hall–Kier alpha value is -3.68. The van der Waals surface area contributed by atoms with Crippen LogP contribution in [0.4, 0.5) is 11.7 Å². The van der Waals surface area contributed by atoms with Crippen LogP contribution in [0, 0.1) is 0 Å². The van der Waals surface area contributed by atoms with E-state index in [9.17, 15) is 9.59 Å². The number of ether oxygens (including phenoxy) is 1. The Balaban J connectivity index is 1.39. The van der Waals surface area contributed by atoms with Gasteiger partial charge in [0.15, 0.2) is 0 Å². The molecule has 0 radical (unpaired) electrons. The van der Waals surface area contributed by atoms with Gasteiger partial charge < -0.3 is 14.1 Å². The van der Waals surface area contributed by atoms with E-state index in [2.05, 4.69) is 22.4 Å². The number of carbonyl (C=O) groups is 2. The summed E-state index contributed by atoms with van der Waals surface area (Å²) in [6.07, 6.45) is 2.27. The molecular formula is C23H24N4O4. The van der Waals surface area contributed by atoms with Crippen molar-refractivity contribution in [3.63, 3.8) is 0 Å². The van der Waals surface area contributed by atoms with Crippen LogP contribution >= 0.6 is 0 Å². The van der Waals surface area contributed by atoms with Crippen LogP contribution in [-0.4, -0.2) is 35.2 Å². The molecule has 0 aliphatic carbocycles. The van der Waals surface area contributed by atoms with Crippen molar-refractivity contribution in [2.45, 2.75) is 32.1 Å². The summed E-state index contributed by atoms with van der Waals surface area (Å²) >= 11 is 0. The van der Waals surface area contributed by atoms with Gasteiger partial charge in [-0.05, 0) is 36.8 Å². The van der Waals surface area contributed by atoms with Gasteiger partial charge in [-0.2, -0.15) is 0 Å². The van der Waals surface area contributed by atoms with Crippen molar-refractivity contribution in [2.24, 2.45) is 0 Å². The highest BCUT2D eigenvalue weighted by Gasteiger charge is 2.35. The summed E-state index contributed by atoms with van der Waals surface area (Å²) in [5.41, 5.74) is 1.27. The molecule has 1 saturated heterocycles. The summed E-state index contributed by atoms with van der Waals surface area (Å²) < 4.78 is 11.3. The molecule has 8 heteroatoms. The van der Waals surface area contributed by atoms with Crippen molar-refractivity contribution < 1.29 is 18.7 Å². The van der Waals surface area contributed by atoms with Crippen LogP contribution in [0.3, 0.4) is 0 Å². The van der Waals surface area contributed by atoms with Gasteiger partial charge in [-0.15, -0.1) is 5.10 Å². The number of nitrogens with zero attached hydrogens (tertiary/aromatic N) is 3. The van der Waals surface area contributed by atoms with E-state index < -0.39 is 0 Å². The van der Waals surface area contributed by atoms with Crippen LogP contribution in [0.25, 0.3) is 0 Å². The number of amides is 2. The van der Waals surface area contributed by atoms with Gasteiger partial charge >= 0.3 is 6.01 Å². The molecule has 31 heavy (non-hydrogen) atoms. The lowest BCUT2D eigenvalue weighted by Gasteiger charge is -2.15. The lowest BCUT2D eigenvalue weighted by atomic mass is 10.1. The summed E-state index contributed by atoms with van der Waals surface area (Å²) in [6, 6.07) is 16.4. The summed E-state index contributed by atoms with van der Waals surface area (Å²) in [5.74, 6) is 0.377. The van der Waals surface area contributed by atoms with E-state index in [0.717, 1.165) is 18.5 Å². The molecule has 1 aromatic heterocycles. The number of rotatable bonds is 8. The van der Waals surface area contributed by atoms with Crippen molar-refractivity contribution in [3.05, 3.63) is 66.1 Å². The summed E-state index contributed by atoms with van der Waals surface area (Å²) in [7, 11) is 0. The summed E-state index contributed by atoms with van der Waals surface area (Å²) in [4.78, 5) is 26.7. The third-order valence-corrected chi connectivity index (χ3v) is 5.07. The van der Waals surface area contributed by atoms with Crippen molar-refractivity contribution in [2.75, 3.05) is 23.4 Å². The van der Waals surface area contributed by atoms with Crippen LogP contribution in [0.5, 0.6) is 5.75 Å². The zero-order valence-electron chi connectivity index (χ0n) is 17.3. The van der Waals surface area contributed by atoms with Crippen LogP contribution in [0.2, 0.25) is 0 Å². The van der Waals surface area contributed by atoms with Gasteiger partial charge in [0.1, 0.15) is 5.75 Å². The highest BCUT2D eigenvalue weighted by Crippen LogP contribution is 2.31. The molecule has 1 atom stereocenters. The quantitative estimate of drug-likeness (QED) is 0.553. The minimum Gasteiger partial charge on any atom is -0.494 e. The van der Waals surface area contributed by atoms with Gasteiger partial charge in [-0.3, -0.25) is 14.9 Å². The Morgan fingerprint density at radius 3 is 2.84 bits per heavy atom. The van der Waals surface area contributed by atoms with Gasteiger partial charge in [0.05, 0.1) is 12.5 Å². The molecule has 4 rings (SSSR count). The Kier molecular flexibility index (Phi) is 6.26. The molecule has 8 nitrogen and oxygen atoms in total. The van der Waals surface area contributed by atoms with Gasteiger partial charge in [0.2, 0.25) is 11.8 Å². The monoisotopic (exact) mass is 420 g/mol. The molecule has 2 aromatic carbocycles. The first-order valence-corrected chi connectivity index (χ1v) is 10.4. The number of aromatic nitrogens is 2. The minimum absolute atomic E-state index is 0.000117. The molecule has 1 N–H and O–H groups in total. The largest absolute Gasteiger partial charge is 0.494 e. The van der Waals surface area contributed by atoms with Gasteiger partial charge in [-0.1, -0.05) is 42.7 Å². The van der Waals surface area contributed by atoms with Gasteiger partial charge in [-0.25, -0.2) is 0 Å². The molecule has 2 heterocycles. The van der Waals surface area contributed by atoms with Crippen LogP contribution in [0.1, 0.15) is 48.4 Å². The Labute approximate surface area is 180 Å². The van der Waals surface area contributed by atoms with Crippen molar-refractivity contribution >= 4 is 23.5 Å². The second-order valence-electron chi connectivity index (χ2n) is 7.37. The predicted octanol–water partition coefficient (Wildman–Crippen LogP) is 4.02. The average Bonchev–Trinajstić information content (AvgIpc) is 3.41. The Morgan fingerprint density at radius 2 is 2.03 bits per heavy atom. The highest BCUT2D eigenvalue weighted by atomic mass is 16.5. The van der Waals surface area contributed by atoms with E-state index in [1.165, 1.54) is 0 Å². The molecule has 0 bridgehead atoms. The lowest BCUT2D eigenvalue weighted by Crippen LogP contribution is -2.24. The maximum Gasteiger partial charge on any atom is 0.322 e. The second-order valence-corrected chi connectivity index (χ2v) is 7.37. The molecule has 160 valence electrons. The number of nitrogens with one attached hydrogen (secondary N) is 1. The molecule has 1 unspecified atom stereocenters. The number of hydrogen-bond acceptors (Lipinski definition) is 6. The van der Waals surface area contributed by atoms with Crippen LogP contribution in [-0.2, 0) is 4.79 Å². The molecule has 1 aliphatic heterocycles. The van der Waals surface area contributed by atoms with Crippen molar-refractivity contribution in [1.29, 1.82) is 0 Å². The average molecular weight is 420 g/mol. The number of anilines is 2. The maximum absolute atomic E-state index is 12.6. The first kappa shape index (κ1) is 20.6. The summed E-state index contributed by atoms with van der Waals surface area (Å²) in [6.45, 7) is 3.15. The Morgan fingerprint density at radius 1 is 1.19 bits per heavy atom. The maximum atomic E-state index is 12.6. The fourth-order valence-corrected chi connectivity index (χ4v) is 3.41. The first-order valence-electron chi connectivity index (χ1n) is 10.4.